The minimum absolute atomic E-state index is 0.00975. The number of halogens is 3. The molecule has 0 amide bonds. The molecule has 1 atom stereocenters. The van der Waals surface area contributed by atoms with Gasteiger partial charge in [-0.05, 0) is 23.8 Å². The molecule has 0 aliphatic rings. The van der Waals surface area contributed by atoms with E-state index in [9.17, 15) is 17.4 Å². The molecular weight excluding hydrogens is 287 g/mol. The maximum atomic E-state index is 13.5. The minimum atomic E-state index is -1.68. The molecule has 1 unspecified atom stereocenters. The molecule has 0 aliphatic carbocycles. The van der Waals surface area contributed by atoms with Gasteiger partial charge in [0.15, 0.2) is 0 Å². The number of rotatable bonds is 4. The van der Waals surface area contributed by atoms with E-state index in [-0.39, 0.29) is 17.2 Å². The summed E-state index contributed by atoms with van der Waals surface area (Å²) in [5, 5.41) is 0. The fraction of sp³-hybridized carbons (Fsp3) is 0.143. The Balaban J connectivity index is 2.23. The van der Waals surface area contributed by atoms with Crippen LogP contribution in [0, 0.1) is 17.5 Å². The summed E-state index contributed by atoms with van der Waals surface area (Å²) in [5.41, 5.74) is 6.27. The van der Waals surface area contributed by atoms with Gasteiger partial charge in [-0.1, -0.05) is 12.1 Å². The number of nitrogens with two attached hydrogens (primary N) is 1. The zero-order valence-corrected chi connectivity index (χ0v) is 11.2. The Hall–Kier alpha value is -1.66. The highest BCUT2D eigenvalue weighted by atomic mass is 32.2. The molecule has 0 fully saturated rings. The maximum absolute atomic E-state index is 13.5. The van der Waals surface area contributed by atoms with Crippen LogP contribution in [0.5, 0.6) is 0 Å². The van der Waals surface area contributed by atoms with Gasteiger partial charge in [0.2, 0.25) is 0 Å². The molecule has 0 saturated heterocycles. The first-order valence-electron chi connectivity index (χ1n) is 5.82. The lowest BCUT2D eigenvalue weighted by Crippen LogP contribution is -2.04. The van der Waals surface area contributed by atoms with Gasteiger partial charge in [0.25, 0.3) is 0 Å². The molecule has 2 N–H and O–H groups in total. The van der Waals surface area contributed by atoms with E-state index in [0.29, 0.717) is 17.2 Å². The van der Waals surface area contributed by atoms with Gasteiger partial charge in [-0.2, -0.15) is 0 Å². The van der Waals surface area contributed by atoms with Crippen LogP contribution in [-0.2, 0) is 23.1 Å². The summed E-state index contributed by atoms with van der Waals surface area (Å²) in [6, 6.07) is 7.07. The van der Waals surface area contributed by atoms with Crippen LogP contribution in [0.1, 0.15) is 11.1 Å². The van der Waals surface area contributed by atoms with Crippen LogP contribution in [0.25, 0.3) is 0 Å². The summed E-state index contributed by atoms with van der Waals surface area (Å²) in [6.45, 7) is 0.0250. The minimum Gasteiger partial charge on any atom is -0.326 e. The van der Waals surface area contributed by atoms with Crippen molar-refractivity contribution >= 4 is 10.8 Å². The highest BCUT2D eigenvalue weighted by molar-refractivity contribution is 7.84. The molecule has 0 spiro atoms. The second-order valence-corrected chi connectivity index (χ2v) is 5.61. The normalized spacial score (nSPS) is 12.4. The number of benzene rings is 2. The molecule has 106 valence electrons. The summed E-state index contributed by atoms with van der Waals surface area (Å²) >= 11 is 0. The highest BCUT2D eigenvalue weighted by Gasteiger charge is 2.12. The molecule has 0 aromatic heterocycles. The molecule has 0 saturated carbocycles. The molecule has 2 nitrogen and oxygen atoms in total. The Morgan fingerprint density at radius 1 is 1.00 bits per heavy atom. The van der Waals surface area contributed by atoms with Crippen molar-refractivity contribution in [1.82, 2.24) is 0 Å². The van der Waals surface area contributed by atoms with Gasteiger partial charge in [0.1, 0.15) is 17.5 Å². The van der Waals surface area contributed by atoms with Crippen LogP contribution in [0.3, 0.4) is 0 Å². The maximum Gasteiger partial charge on any atom is 0.142 e. The van der Waals surface area contributed by atoms with Crippen molar-refractivity contribution in [3.63, 3.8) is 0 Å². The third-order valence-electron chi connectivity index (χ3n) is 2.77. The molecule has 6 heteroatoms. The SMILES string of the molecule is NCc1cc(CS(=O)c2ccc(F)cc2F)ccc1F. The molecule has 2 aromatic rings. The van der Waals surface area contributed by atoms with Crippen LogP contribution in [-0.4, -0.2) is 4.21 Å². The van der Waals surface area contributed by atoms with Crippen LogP contribution in [0.4, 0.5) is 13.2 Å². The van der Waals surface area contributed by atoms with Crippen molar-refractivity contribution in [2.75, 3.05) is 0 Å². The molecular formula is C14H12F3NOS. The fourth-order valence-electron chi connectivity index (χ4n) is 1.76. The second-order valence-electron chi connectivity index (χ2n) is 4.19. The lowest BCUT2D eigenvalue weighted by atomic mass is 10.1. The molecule has 20 heavy (non-hydrogen) atoms. The Kier molecular flexibility index (Phi) is 4.57. The molecule has 0 radical (unpaired) electrons. The Morgan fingerprint density at radius 3 is 2.40 bits per heavy atom. The molecule has 0 heterocycles. The van der Waals surface area contributed by atoms with Gasteiger partial charge in [-0.25, -0.2) is 13.2 Å². The second kappa shape index (κ2) is 6.19. The summed E-state index contributed by atoms with van der Waals surface area (Å²) in [4.78, 5) is -0.0787. The predicted molar refractivity (Wildman–Crippen MR) is 70.8 cm³/mol. The Labute approximate surface area is 116 Å². The van der Waals surface area contributed by atoms with Crippen molar-refractivity contribution < 1.29 is 17.4 Å². The third-order valence-corrected chi connectivity index (χ3v) is 4.18. The van der Waals surface area contributed by atoms with Gasteiger partial charge in [-0.3, -0.25) is 4.21 Å². The van der Waals surface area contributed by atoms with Gasteiger partial charge in [0.05, 0.1) is 21.4 Å². The zero-order chi connectivity index (χ0) is 14.7. The van der Waals surface area contributed by atoms with Gasteiger partial charge in [-0.15, -0.1) is 0 Å². The monoisotopic (exact) mass is 299 g/mol. The van der Waals surface area contributed by atoms with Crippen molar-refractivity contribution in [3.8, 4) is 0 Å². The van der Waals surface area contributed by atoms with E-state index in [1.54, 1.807) is 0 Å². The van der Waals surface area contributed by atoms with Crippen LogP contribution < -0.4 is 5.73 Å². The van der Waals surface area contributed by atoms with E-state index in [2.05, 4.69) is 0 Å². The average Bonchev–Trinajstić information content (AvgIpc) is 2.40. The molecule has 2 rings (SSSR count). The topological polar surface area (TPSA) is 43.1 Å². The van der Waals surface area contributed by atoms with Crippen LogP contribution in [0.15, 0.2) is 41.3 Å². The van der Waals surface area contributed by atoms with Crippen molar-refractivity contribution in [1.29, 1.82) is 0 Å². The standard InChI is InChI=1S/C14H12F3NOS/c15-11-2-4-14(13(17)6-11)20(19)8-9-1-3-12(16)10(5-9)7-18/h1-6H,7-8,18H2. The van der Waals surface area contributed by atoms with E-state index in [1.165, 1.54) is 18.2 Å². The average molecular weight is 299 g/mol. The number of hydrogen-bond donors (Lipinski definition) is 1. The first kappa shape index (κ1) is 14.7. The van der Waals surface area contributed by atoms with Crippen molar-refractivity contribution in [2.24, 2.45) is 5.73 Å². The zero-order valence-electron chi connectivity index (χ0n) is 10.4. The first-order valence-corrected chi connectivity index (χ1v) is 7.14. The smallest absolute Gasteiger partial charge is 0.142 e. The van der Waals surface area contributed by atoms with Crippen molar-refractivity contribution in [2.45, 2.75) is 17.2 Å². The summed E-state index contributed by atoms with van der Waals surface area (Å²) in [7, 11) is -1.68. The van der Waals surface area contributed by atoms with Gasteiger partial charge < -0.3 is 5.73 Å². The van der Waals surface area contributed by atoms with Gasteiger partial charge >= 0.3 is 0 Å². The summed E-state index contributed by atoms with van der Waals surface area (Å²) in [5.74, 6) is -2.01. The van der Waals surface area contributed by atoms with Crippen LogP contribution >= 0.6 is 0 Å². The van der Waals surface area contributed by atoms with E-state index >= 15 is 0 Å². The van der Waals surface area contributed by atoms with Crippen molar-refractivity contribution in [3.05, 3.63) is 65.0 Å². The van der Waals surface area contributed by atoms with E-state index in [1.807, 2.05) is 0 Å². The van der Waals surface area contributed by atoms with E-state index < -0.39 is 28.3 Å². The summed E-state index contributed by atoms with van der Waals surface area (Å²) in [6.07, 6.45) is 0. The lowest BCUT2D eigenvalue weighted by Gasteiger charge is -2.06. The van der Waals surface area contributed by atoms with Gasteiger partial charge in [0, 0.05) is 18.2 Å². The van der Waals surface area contributed by atoms with Crippen LogP contribution in [0.2, 0.25) is 0 Å². The molecule has 0 bridgehead atoms. The van der Waals surface area contributed by atoms with E-state index in [4.69, 9.17) is 5.73 Å². The quantitative estimate of drug-likeness (QED) is 0.943. The third kappa shape index (κ3) is 3.26. The predicted octanol–water partition coefficient (Wildman–Crippen LogP) is 2.87. The first-order chi connectivity index (χ1) is 9.51. The Bertz CT molecular complexity index is 661. The molecule has 2 aromatic carbocycles. The fourth-order valence-corrected chi connectivity index (χ4v) is 2.90. The highest BCUT2D eigenvalue weighted by Crippen LogP contribution is 2.18. The number of hydrogen-bond acceptors (Lipinski definition) is 2. The summed E-state index contributed by atoms with van der Waals surface area (Å²) < 4.78 is 51.6. The molecule has 0 aliphatic heterocycles. The van der Waals surface area contributed by atoms with E-state index in [0.717, 1.165) is 12.1 Å². The lowest BCUT2D eigenvalue weighted by molar-refractivity contribution is 0.562. The Morgan fingerprint density at radius 2 is 1.75 bits per heavy atom. The largest absolute Gasteiger partial charge is 0.326 e.